The predicted molar refractivity (Wildman–Crippen MR) is 437 cm³/mol. The lowest BCUT2D eigenvalue weighted by Gasteiger charge is -2.31. The molecule has 0 saturated heterocycles. The topological polar surface area (TPSA) is 797 Å². The van der Waals surface area contributed by atoms with E-state index in [-0.39, 0.29) is 42.9 Å². The lowest BCUT2D eigenvalue weighted by Crippen LogP contribution is -2.64. The van der Waals surface area contributed by atoms with Crippen molar-refractivity contribution in [2.24, 2.45) is 35.0 Å². The summed E-state index contributed by atoms with van der Waals surface area (Å²) < 4.78 is 0. The molecule has 0 fully saturated rings. The van der Waals surface area contributed by atoms with E-state index >= 15 is 0 Å². The summed E-state index contributed by atoms with van der Waals surface area (Å²) in [4.78, 5) is 255. The molecule has 2 rings (SSSR count). The van der Waals surface area contributed by atoms with Crippen LogP contribution in [0.4, 0.5) is 0 Å². The first-order valence-electron chi connectivity index (χ1n) is 40.0. The molecule has 0 aliphatic heterocycles. The summed E-state index contributed by atoms with van der Waals surface area (Å²) in [6, 6.07) is -15.6. The van der Waals surface area contributed by atoms with Crippen molar-refractivity contribution < 1.29 is 142 Å². The van der Waals surface area contributed by atoms with Crippen LogP contribution in [0.5, 0.6) is 11.5 Å². The van der Waals surface area contributed by atoms with Crippen LogP contribution in [0.25, 0.3) is 0 Å². The average Bonchev–Trinajstić information content (AvgIpc) is 0.818. The van der Waals surface area contributed by atoms with E-state index in [9.17, 15) is 137 Å². The highest BCUT2D eigenvalue weighted by atomic mass is 16.4. The van der Waals surface area contributed by atoms with Gasteiger partial charge >= 0.3 is 11.9 Å². The zero-order chi connectivity index (χ0) is 95.0. The second kappa shape index (κ2) is 54.3. The van der Waals surface area contributed by atoms with Gasteiger partial charge < -0.3 is 153 Å². The lowest BCUT2D eigenvalue weighted by molar-refractivity contribution is -0.142. The van der Waals surface area contributed by atoms with Gasteiger partial charge in [0, 0.05) is 6.42 Å². The monoisotopic (exact) mass is 1780 g/mol. The minimum Gasteiger partial charge on any atom is -0.508 e. The van der Waals surface area contributed by atoms with Crippen molar-refractivity contribution in [1.29, 1.82) is 0 Å². The molecule has 0 aliphatic rings. The molecule has 2 aromatic carbocycles. The maximum Gasteiger partial charge on any atom is 0.322 e. The first kappa shape index (κ1) is 109. The van der Waals surface area contributed by atoms with E-state index in [2.05, 4.69) is 74.4 Å². The molecule has 0 saturated carbocycles. The number of unbranched alkanes of at least 4 members (excludes halogenated alkanes) is 1. The molecular weight excluding hydrogens is 1650 g/mol. The zero-order valence-electron chi connectivity index (χ0n) is 70.8. The van der Waals surface area contributed by atoms with Gasteiger partial charge in [-0.1, -0.05) is 78.6 Å². The number of primary amides is 1. The molecule has 0 unspecified atom stereocenters. The van der Waals surface area contributed by atoms with E-state index in [0.29, 0.717) is 24.8 Å². The minimum atomic E-state index is -2.08. The second-order valence-corrected chi connectivity index (χ2v) is 30.1. The van der Waals surface area contributed by atoms with Crippen molar-refractivity contribution in [3.8, 4) is 11.5 Å². The number of phenols is 2. The van der Waals surface area contributed by atoms with Crippen molar-refractivity contribution in [2.75, 3.05) is 39.5 Å². The Morgan fingerprint density at radius 2 is 0.688 bits per heavy atom. The Bertz CT molecular complexity index is 4030. The van der Waals surface area contributed by atoms with Gasteiger partial charge in [-0.05, 0) is 113 Å². The third-order valence-corrected chi connectivity index (χ3v) is 19.4. The molecule has 0 aliphatic carbocycles. The molecule has 0 bridgehead atoms. The van der Waals surface area contributed by atoms with Crippen molar-refractivity contribution in [1.82, 2.24) is 85.1 Å². The summed E-state index contributed by atoms with van der Waals surface area (Å²) in [6.45, 7) is 8.10. The number of carbonyl (C=O) groups is 19. The SMILES string of the molecule is CC[C@H](C)[C@H](NC(=O)[C@@H](NC(=O)[C@H](CO)NC(=O)[C@H](CO)NC(=O)CNC(=O)[C@H](CO)NC(=O)[C@H](CC(N)=O)NC(=O)[C@@H](NC(=O)[C@@H](N)Cc1ccc(O)cc1)[C@@H](C)CC)[C@@H](C)O)C(=O)N[C@H](C(=O)N[C@@H](Cc1ccc(O)cc1)C(=O)N[C@@H](C)C(=O)N[C@@H](CC(=O)O)C(=O)N[C@H](C(=O)N[C@H](C(=O)N[C@@H](CCCCN)C(=O)NCC(=O)O)C(C)C)[C@@H](C)O)[C@@H](C)O. The molecule has 0 aromatic heterocycles. The normalized spacial score (nSPS) is 16.0. The van der Waals surface area contributed by atoms with Crippen LogP contribution >= 0.6 is 0 Å². The number of aliphatic carboxylic acids is 2. The van der Waals surface area contributed by atoms with Crippen LogP contribution in [0, 0.1) is 17.8 Å². The van der Waals surface area contributed by atoms with Gasteiger partial charge in [-0.3, -0.25) is 91.1 Å². The number of carboxylic acid groups (broad SMARTS) is 2. The van der Waals surface area contributed by atoms with Crippen LogP contribution in [-0.4, -0.2) is 312 Å². The molecule has 17 amide bonds. The summed E-state index contributed by atoms with van der Waals surface area (Å²) >= 11 is 0. The number of rotatable bonds is 56. The van der Waals surface area contributed by atoms with Crippen molar-refractivity contribution >= 4 is 112 Å². The minimum absolute atomic E-state index is 0.00130. The highest BCUT2D eigenvalue weighted by molar-refractivity contribution is 6.02. The van der Waals surface area contributed by atoms with Crippen LogP contribution in [0.3, 0.4) is 0 Å². The average molecular weight is 1780 g/mol. The fourth-order valence-corrected chi connectivity index (χ4v) is 11.7. The number of hydrogen-bond acceptors (Lipinski definition) is 29. The number of aliphatic hydroxyl groups is 6. The van der Waals surface area contributed by atoms with Crippen LogP contribution in [-0.2, 0) is 104 Å². The van der Waals surface area contributed by atoms with Crippen molar-refractivity contribution in [2.45, 2.75) is 236 Å². The number of amides is 17. The van der Waals surface area contributed by atoms with E-state index in [4.69, 9.17) is 22.3 Å². The predicted octanol–water partition coefficient (Wildman–Crippen LogP) is -11.3. The number of aliphatic hydroxyl groups excluding tert-OH is 6. The van der Waals surface area contributed by atoms with E-state index in [1.54, 1.807) is 20.8 Å². The number of carboxylic acids is 2. The largest absolute Gasteiger partial charge is 0.508 e. The molecule has 20 atom stereocenters. The molecule has 0 heterocycles. The third kappa shape index (κ3) is 37.7. The van der Waals surface area contributed by atoms with E-state index in [1.807, 2.05) is 10.6 Å². The van der Waals surface area contributed by atoms with E-state index in [0.717, 1.165) is 27.7 Å². The van der Waals surface area contributed by atoms with Gasteiger partial charge in [0.1, 0.15) is 103 Å². The molecule has 125 heavy (non-hydrogen) atoms. The van der Waals surface area contributed by atoms with Crippen LogP contribution < -0.4 is 102 Å². The Morgan fingerprint density at radius 1 is 0.352 bits per heavy atom. The molecule has 48 nitrogen and oxygen atoms in total. The molecule has 0 radical (unpaired) electrons. The van der Waals surface area contributed by atoms with Gasteiger partial charge in [-0.15, -0.1) is 0 Å². The quantitative estimate of drug-likeness (QED) is 0.0274. The summed E-state index contributed by atoms with van der Waals surface area (Å²) in [7, 11) is 0. The lowest BCUT2D eigenvalue weighted by atomic mass is 9.96. The van der Waals surface area contributed by atoms with Gasteiger partial charge in [-0.2, -0.15) is 0 Å². The van der Waals surface area contributed by atoms with E-state index < -0.39 is 291 Å². The van der Waals surface area contributed by atoms with E-state index in [1.165, 1.54) is 69.3 Å². The fraction of sp³-hybridized carbons (Fsp3) is 0.597. The van der Waals surface area contributed by atoms with Gasteiger partial charge in [0.15, 0.2) is 0 Å². The third-order valence-electron chi connectivity index (χ3n) is 19.4. The summed E-state index contributed by atoms with van der Waals surface area (Å²) in [5.41, 5.74) is 17.9. The summed E-state index contributed by atoms with van der Waals surface area (Å²) in [6.07, 6.45) is -6.93. The molecule has 2 aromatic rings. The van der Waals surface area contributed by atoms with Gasteiger partial charge in [0.25, 0.3) is 0 Å². The first-order valence-corrected chi connectivity index (χ1v) is 40.0. The van der Waals surface area contributed by atoms with Crippen molar-refractivity contribution in [3.05, 3.63) is 59.7 Å². The maximum absolute atomic E-state index is 14.3. The highest BCUT2D eigenvalue weighted by Crippen LogP contribution is 2.18. The molecule has 32 N–H and O–H groups in total. The Kier molecular flexibility index (Phi) is 47.2. The molecule has 48 heteroatoms. The Labute approximate surface area is 718 Å². The Hall–Kier alpha value is -12.3. The number of benzene rings is 2. The maximum atomic E-state index is 14.3. The molecule has 0 spiro atoms. The number of nitrogens with two attached hydrogens (primary N) is 3. The first-order chi connectivity index (χ1) is 58.6. The number of hydrogen-bond donors (Lipinski definition) is 29. The van der Waals surface area contributed by atoms with Crippen LogP contribution in [0.2, 0.25) is 0 Å². The summed E-state index contributed by atoms with van der Waals surface area (Å²) in [5, 5.41) is 137. The number of carbonyl (C=O) groups excluding carboxylic acids is 17. The van der Waals surface area contributed by atoms with Crippen LogP contribution in [0.15, 0.2) is 48.5 Å². The Balaban J connectivity index is 2.29. The highest BCUT2D eigenvalue weighted by Gasteiger charge is 2.41. The number of phenolic OH excluding ortho intramolecular Hbond substituents is 2. The smallest absolute Gasteiger partial charge is 0.322 e. The number of aromatic hydroxyl groups is 2. The van der Waals surface area contributed by atoms with Gasteiger partial charge in [-0.25, -0.2) is 0 Å². The fourth-order valence-electron chi connectivity index (χ4n) is 11.7. The van der Waals surface area contributed by atoms with Gasteiger partial charge in [0.05, 0.1) is 63.6 Å². The second-order valence-electron chi connectivity index (χ2n) is 30.1. The summed E-state index contributed by atoms with van der Waals surface area (Å²) in [5.74, 6) is -25.7. The zero-order valence-corrected chi connectivity index (χ0v) is 70.8. The van der Waals surface area contributed by atoms with Crippen molar-refractivity contribution in [3.63, 3.8) is 0 Å². The standard InChI is InChI=1S/C77H121N19O29/c1-11-35(5)58(92-64(112)45(79)25-41-16-20-43(103)21-17-41)73(121)88-48(27-53(80)105)68(116)89-50(31-97)66(114)81-29-54(106)84-51(32-98)70(118)90-52(33-99)71(119)95-62(40(10)102)77(125)93-59(36(6)12-2)74(122)96-60(38(8)100)75(123)87-47(26-42-18-22-44(104)23-19-42)67(115)83-37(7)63(111)86-49(28-55(107)108)69(117)94-61(39(9)101)76(124)91-57(34(3)4)72(120)85-46(15-13-14-24-78)65(113)82-30-56(109)110/h16-23,34-40,45-52,57-62,97-104H,11-15,24-33,78-79H2,1-10H3,(H2,80,105)(H,81,114)(H,82,113)(H,83,115)(H,84,106)(H,85,120)(H,86,111)(H,87,123)(H,88,121)(H,89,116)(H,90,118)(H,91,124)(H,92,112)(H,93,125)(H,94,117)(H,95,119)(H,96,122)(H,107,108)(H,109,110)/t35-,36-,37-,38+,39+,40+,45-,46-,47-,48-,49-,50-,51-,52-,57-,58-,59-,60-,61-,62-/m0/s1. The van der Waals surface area contributed by atoms with Gasteiger partial charge in [0.2, 0.25) is 100 Å². The Morgan fingerprint density at radius 3 is 1.14 bits per heavy atom. The number of nitrogens with one attached hydrogen (secondary N) is 16. The van der Waals surface area contributed by atoms with Crippen LogP contribution in [0.1, 0.15) is 125 Å². The molecule has 698 valence electrons. The molecular formula is C77H121N19O29.